The molecule has 0 spiro atoms. The Morgan fingerprint density at radius 1 is 1.36 bits per heavy atom. The zero-order chi connectivity index (χ0) is 8.32. The average molecular weight is 179 g/mol. The molecule has 0 bridgehead atoms. The summed E-state index contributed by atoms with van der Waals surface area (Å²) in [5.74, 6) is 0.793. The number of halogens is 1. The van der Waals surface area contributed by atoms with Crippen molar-refractivity contribution in [2.75, 3.05) is 19.1 Å². The maximum atomic E-state index is 5.59. The molecule has 0 aromatic heterocycles. The summed E-state index contributed by atoms with van der Waals surface area (Å²) in [5.41, 5.74) is 0. The highest BCUT2D eigenvalue weighted by Crippen LogP contribution is 2.22. The topological polar surface area (TPSA) is 18.5 Å². The van der Waals surface area contributed by atoms with Crippen LogP contribution in [0.25, 0.3) is 0 Å². The first-order valence-electron chi connectivity index (χ1n) is 3.98. The van der Waals surface area contributed by atoms with Crippen LogP contribution in [0.5, 0.6) is 0 Å². The van der Waals surface area contributed by atoms with E-state index in [1.165, 1.54) is 0 Å². The number of alkyl halides is 1. The van der Waals surface area contributed by atoms with Crippen molar-refractivity contribution < 1.29 is 9.47 Å². The van der Waals surface area contributed by atoms with E-state index in [2.05, 4.69) is 0 Å². The van der Waals surface area contributed by atoms with Crippen LogP contribution in [0.4, 0.5) is 0 Å². The zero-order valence-corrected chi connectivity index (χ0v) is 7.86. The molecule has 11 heavy (non-hydrogen) atoms. The Balaban J connectivity index is 2.25. The Kier molecular flexibility index (Phi) is 3.16. The number of hydrogen-bond donors (Lipinski definition) is 0. The van der Waals surface area contributed by atoms with Gasteiger partial charge in [0.05, 0.1) is 13.2 Å². The van der Waals surface area contributed by atoms with Crippen molar-refractivity contribution in [3.8, 4) is 0 Å². The highest BCUT2D eigenvalue weighted by molar-refractivity contribution is 6.17. The highest BCUT2D eigenvalue weighted by Gasteiger charge is 2.27. The summed E-state index contributed by atoms with van der Waals surface area (Å²) in [6.07, 6.45) is 0.984. The van der Waals surface area contributed by atoms with Crippen molar-refractivity contribution in [2.24, 2.45) is 5.92 Å². The van der Waals surface area contributed by atoms with Crippen LogP contribution in [0, 0.1) is 5.92 Å². The van der Waals surface area contributed by atoms with Crippen molar-refractivity contribution in [1.29, 1.82) is 0 Å². The SMILES string of the molecule is CC1(C)OCC(CCCl)CO1. The summed E-state index contributed by atoms with van der Waals surface area (Å²) in [6, 6.07) is 0. The maximum Gasteiger partial charge on any atom is 0.162 e. The van der Waals surface area contributed by atoms with Crippen LogP contribution in [0.15, 0.2) is 0 Å². The Hall–Kier alpha value is 0.210. The van der Waals surface area contributed by atoms with Crippen LogP contribution < -0.4 is 0 Å². The number of rotatable bonds is 2. The van der Waals surface area contributed by atoms with E-state index in [1.54, 1.807) is 0 Å². The standard InChI is InChI=1S/C8H15ClO2/c1-8(2)10-5-7(3-4-9)6-11-8/h7H,3-6H2,1-2H3. The molecule has 1 heterocycles. The molecule has 0 radical (unpaired) electrons. The second-order valence-electron chi connectivity index (χ2n) is 3.37. The molecule has 0 unspecified atom stereocenters. The Morgan fingerprint density at radius 3 is 2.36 bits per heavy atom. The van der Waals surface area contributed by atoms with Crippen LogP contribution in [0.3, 0.4) is 0 Å². The quantitative estimate of drug-likeness (QED) is 0.603. The van der Waals surface area contributed by atoms with Gasteiger partial charge in [0.15, 0.2) is 5.79 Å². The Morgan fingerprint density at radius 2 is 1.91 bits per heavy atom. The largest absolute Gasteiger partial charge is 0.350 e. The predicted octanol–water partition coefficient (Wildman–Crippen LogP) is 2.01. The molecule has 1 aliphatic heterocycles. The molecule has 0 amide bonds. The van der Waals surface area contributed by atoms with E-state index in [0.29, 0.717) is 11.8 Å². The van der Waals surface area contributed by atoms with Gasteiger partial charge in [-0.3, -0.25) is 0 Å². The van der Waals surface area contributed by atoms with E-state index in [9.17, 15) is 0 Å². The lowest BCUT2D eigenvalue weighted by molar-refractivity contribution is -0.262. The van der Waals surface area contributed by atoms with Gasteiger partial charge in [-0.2, -0.15) is 0 Å². The summed E-state index contributed by atoms with van der Waals surface area (Å²) in [6.45, 7) is 5.42. The summed E-state index contributed by atoms with van der Waals surface area (Å²) in [4.78, 5) is 0. The predicted molar refractivity (Wildman–Crippen MR) is 44.8 cm³/mol. The van der Waals surface area contributed by atoms with Crippen LogP contribution in [-0.4, -0.2) is 24.9 Å². The van der Waals surface area contributed by atoms with Crippen molar-refractivity contribution in [3.05, 3.63) is 0 Å². The van der Waals surface area contributed by atoms with Crippen LogP contribution >= 0.6 is 11.6 Å². The van der Waals surface area contributed by atoms with E-state index in [-0.39, 0.29) is 5.79 Å². The lowest BCUT2D eigenvalue weighted by atomic mass is 10.1. The minimum Gasteiger partial charge on any atom is -0.350 e. The van der Waals surface area contributed by atoms with Crippen molar-refractivity contribution in [1.82, 2.24) is 0 Å². The summed E-state index contributed by atoms with van der Waals surface area (Å²) >= 11 is 5.59. The molecule has 0 aromatic carbocycles. The molecule has 0 aromatic rings. The fourth-order valence-electron chi connectivity index (χ4n) is 1.05. The van der Waals surface area contributed by atoms with Gasteiger partial charge in [-0.1, -0.05) is 0 Å². The van der Waals surface area contributed by atoms with E-state index < -0.39 is 0 Å². The Labute approximate surface area is 72.8 Å². The summed E-state index contributed by atoms with van der Waals surface area (Å²) in [5, 5.41) is 0. The zero-order valence-electron chi connectivity index (χ0n) is 7.10. The Bertz CT molecular complexity index is 115. The number of hydrogen-bond acceptors (Lipinski definition) is 2. The monoisotopic (exact) mass is 178 g/mol. The molecule has 0 saturated carbocycles. The molecule has 0 N–H and O–H groups in total. The van der Waals surface area contributed by atoms with E-state index in [4.69, 9.17) is 21.1 Å². The molecule has 2 nitrogen and oxygen atoms in total. The van der Waals surface area contributed by atoms with Gasteiger partial charge < -0.3 is 9.47 Å². The van der Waals surface area contributed by atoms with E-state index in [1.807, 2.05) is 13.8 Å². The number of ether oxygens (including phenoxy) is 2. The highest BCUT2D eigenvalue weighted by atomic mass is 35.5. The van der Waals surface area contributed by atoms with Gasteiger partial charge >= 0.3 is 0 Å². The summed E-state index contributed by atoms with van der Waals surface area (Å²) in [7, 11) is 0. The fourth-order valence-corrected chi connectivity index (χ4v) is 1.36. The molecule has 1 fully saturated rings. The smallest absolute Gasteiger partial charge is 0.162 e. The van der Waals surface area contributed by atoms with Crippen molar-refractivity contribution in [2.45, 2.75) is 26.1 Å². The first-order valence-corrected chi connectivity index (χ1v) is 4.51. The molecular weight excluding hydrogens is 164 g/mol. The lowest BCUT2D eigenvalue weighted by Crippen LogP contribution is -2.39. The van der Waals surface area contributed by atoms with Gasteiger partial charge in [0.1, 0.15) is 0 Å². The average Bonchev–Trinajstić information content (AvgIpc) is 1.94. The molecular formula is C8H15ClO2. The van der Waals surface area contributed by atoms with Gasteiger partial charge in [0.25, 0.3) is 0 Å². The van der Waals surface area contributed by atoms with Crippen molar-refractivity contribution in [3.63, 3.8) is 0 Å². The van der Waals surface area contributed by atoms with Gasteiger partial charge in [0.2, 0.25) is 0 Å². The molecule has 3 heteroatoms. The normalized spacial score (nSPS) is 25.4. The van der Waals surface area contributed by atoms with E-state index >= 15 is 0 Å². The molecule has 0 aliphatic carbocycles. The van der Waals surface area contributed by atoms with Gasteiger partial charge in [-0.15, -0.1) is 11.6 Å². The fraction of sp³-hybridized carbons (Fsp3) is 1.00. The van der Waals surface area contributed by atoms with Gasteiger partial charge in [-0.05, 0) is 20.3 Å². The third-order valence-corrected chi connectivity index (χ3v) is 2.07. The van der Waals surface area contributed by atoms with Crippen LogP contribution in [0.1, 0.15) is 20.3 Å². The van der Waals surface area contributed by atoms with Crippen LogP contribution in [0.2, 0.25) is 0 Å². The van der Waals surface area contributed by atoms with E-state index in [0.717, 1.165) is 19.6 Å². The molecule has 0 atom stereocenters. The molecule has 66 valence electrons. The minimum atomic E-state index is -0.386. The molecule has 1 rings (SSSR count). The second kappa shape index (κ2) is 3.74. The third-order valence-electron chi connectivity index (χ3n) is 1.85. The summed E-state index contributed by atoms with van der Waals surface area (Å²) < 4.78 is 10.9. The molecule has 1 saturated heterocycles. The van der Waals surface area contributed by atoms with Crippen LogP contribution in [-0.2, 0) is 9.47 Å². The van der Waals surface area contributed by atoms with Gasteiger partial charge in [0, 0.05) is 11.8 Å². The third kappa shape index (κ3) is 2.97. The maximum absolute atomic E-state index is 5.59. The molecule has 1 aliphatic rings. The van der Waals surface area contributed by atoms with Gasteiger partial charge in [-0.25, -0.2) is 0 Å². The first-order chi connectivity index (χ1) is 5.14. The minimum absolute atomic E-state index is 0.386. The first kappa shape index (κ1) is 9.30. The second-order valence-corrected chi connectivity index (χ2v) is 3.74. The van der Waals surface area contributed by atoms with Crippen molar-refractivity contribution >= 4 is 11.6 Å². The lowest BCUT2D eigenvalue weighted by Gasteiger charge is -2.34.